The number of rotatable bonds is 0. The van der Waals surface area contributed by atoms with Gasteiger partial charge in [-0.15, -0.1) is 0 Å². The van der Waals surface area contributed by atoms with Crippen molar-refractivity contribution in [3.8, 4) is 0 Å². The van der Waals surface area contributed by atoms with Gasteiger partial charge in [0.1, 0.15) is 0 Å². The second-order valence-electron chi connectivity index (χ2n) is 0.224. The number of hydrogen-bond donors (Lipinski definition) is 0. The fourth-order valence-corrected chi connectivity index (χ4v) is 0. The van der Waals surface area contributed by atoms with Gasteiger partial charge in [0, 0.05) is 0 Å². The van der Waals surface area contributed by atoms with Crippen molar-refractivity contribution in [1.82, 2.24) is 0 Å². The molecule has 0 saturated heterocycles. The van der Waals surface area contributed by atoms with E-state index in [0.29, 0.717) is 0 Å². The van der Waals surface area contributed by atoms with Gasteiger partial charge in [0.2, 0.25) is 0 Å². The van der Waals surface area contributed by atoms with Crippen LogP contribution in [0.25, 0.3) is 0 Å². The maximum absolute atomic E-state index is 8.56. The summed E-state index contributed by atoms with van der Waals surface area (Å²) >= 11 is -3.94. The van der Waals surface area contributed by atoms with E-state index in [1.165, 1.54) is 0 Å². The molecule has 26 valence electrons. The zero-order valence-corrected chi connectivity index (χ0v) is 4.13. The SMILES string of the molecule is [B+3].[O-][As]([O-])[O-]. The van der Waals surface area contributed by atoms with E-state index in [9.17, 15) is 0 Å². The molecule has 0 radical (unpaired) electrons. The normalized spacial score (nSPS) is 7.20. The molecule has 0 bridgehead atoms. The molecule has 0 aliphatic heterocycles. The molecule has 0 aromatic rings. The summed E-state index contributed by atoms with van der Waals surface area (Å²) in [5, 5.41) is 0. The van der Waals surface area contributed by atoms with Gasteiger partial charge in [-0.3, -0.25) is 0 Å². The van der Waals surface area contributed by atoms with Gasteiger partial charge in [-0.2, -0.15) is 0 Å². The molecule has 0 heterocycles. The van der Waals surface area contributed by atoms with Gasteiger partial charge in [0.25, 0.3) is 0 Å². The molecule has 0 atom stereocenters. The van der Waals surface area contributed by atoms with Crippen LogP contribution in [0.2, 0.25) is 0 Å². The van der Waals surface area contributed by atoms with Crippen LogP contribution < -0.4 is 12.3 Å². The van der Waals surface area contributed by atoms with Gasteiger partial charge in [0.05, 0.1) is 0 Å². The molecule has 0 aliphatic rings. The topological polar surface area (TPSA) is 69.2 Å². The zero-order chi connectivity index (χ0) is 3.58. The van der Waals surface area contributed by atoms with E-state index in [-0.39, 0.29) is 8.41 Å². The molecule has 0 aliphatic carbocycles. The predicted octanol–water partition coefficient (Wildman–Crippen LogP) is -4.33. The minimum atomic E-state index is -3.94. The Morgan fingerprint density at radius 1 is 1.00 bits per heavy atom. The first kappa shape index (κ1) is 9.09. The molecule has 0 amide bonds. The van der Waals surface area contributed by atoms with Crippen molar-refractivity contribution in [2.75, 3.05) is 0 Å². The van der Waals surface area contributed by atoms with Gasteiger partial charge < -0.3 is 0 Å². The van der Waals surface area contributed by atoms with Crippen molar-refractivity contribution in [3.63, 3.8) is 0 Å². The molecule has 3 nitrogen and oxygen atoms in total. The van der Waals surface area contributed by atoms with Crippen LogP contribution in [0, 0.1) is 0 Å². The van der Waals surface area contributed by atoms with Crippen LogP contribution in [0.5, 0.6) is 0 Å². The molecule has 0 aromatic heterocycles. The van der Waals surface area contributed by atoms with Gasteiger partial charge in [-0.1, -0.05) is 0 Å². The minimum absolute atomic E-state index is 0. The van der Waals surface area contributed by atoms with Crippen molar-refractivity contribution in [3.05, 3.63) is 0 Å². The third-order valence-electron chi connectivity index (χ3n) is 0. The average Bonchev–Trinajstić information content (AvgIpc) is 0.811. The van der Waals surface area contributed by atoms with Crippen LogP contribution in [0.15, 0.2) is 0 Å². The molecule has 5 heavy (non-hydrogen) atoms. The second-order valence-corrected chi connectivity index (χ2v) is 1.16. The Bertz CT molecular complexity index is 11.6. The van der Waals surface area contributed by atoms with E-state index >= 15 is 0 Å². The summed E-state index contributed by atoms with van der Waals surface area (Å²) in [6, 6.07) is 0. The van der Waals surface area contributed by atoms with Crippen molar-refractivity contribution in [1.29, 1.82) is 0 Å². The monoisotopic (exact) mass is 134 g/mol. The number of hydrogen-bond acceptors (Lipinski definition) is 3. The Morgan fingerprint density at radius 2 is 1.00 bits per heavy atom. The van der Waals surface area contributed by atoms with E-state index < -0.39 is 15.7 Å². The van der Waals surface area contributed by atoms with Crippen LogP contribution in [-0.2, 0) is 0 Å². The first-order chi connectivity index (χ1) is 1.73. The summed E-state index contributed by atoms with van der Waals surface area (Å²) in [5.41, 5.74) is 0. The van der Waals surface area contributed by atoms with Gasteiger partial charge in [0.15, 0.2) is 0 Å². The van der Waals surface area contributed by atoms with Crippen LogP contribution in [0.4, 0.5) is 0 Å². The molecule has 0 spiro atoms. The van der Waals surface area contributed by atoms with E-state index in [0.717, 1.165) is 0 Å². The predicted molar refractivity (Wildman–Crippen MR) is 11.5 cm³/mol. The molecular weight excluding hydrogens is 134 g/mol. The first-order valence-electron chi connectivity index (χ1n) is 0.548. The first-order valence-corrected chi connectivity index (χ1v) is 2.85. The van der Waals surface area contributed by atoms with Crippen molar-refractivity contribution in [2.24, 2.45) is 0 Å². The fraction of sp³-hybridized carbons (Fsp3) is 0. The fourth-order valence-electron chi connectivity index (χ4n) is 0. The van der Waals surface area contributed by atoms with Crippen LogP contribution >= 0.6 is 0 Å². The van der Waals surface area contributed by atoms with Crippen LogP contribution in [0.3, 0.4) is 0 Å². The standard InChI is InChI=1S/AsO3.B/c2-1(3)4;/q-3;+3. The molecule has 0 fully saturated rings. The summed E-state index contributed by atoms with van der Waals surface area (Å²) in [5.74, 6) is 0. The van der Waals surface area contributed by atoms with E-state index in [2.05, 4.69) is 0 Å². The van der Waals surface area contributed by atoms with Crippen LogP contribution in [-0.4, -0.2) is 24.1 Å². The summed E-state index contributed by atoms with van der Waals surface area (Å²) in [6.45, 7) is 0. The quantitative estimate of drug-likeness (QED) is 0.314. The third kappa shape index (κ3) is 111. The Labute approximate surface area is 37.1 Å². The summed E-state index contributed by atoms with van der Waals surface area (Å²) in [4.78, 5) is 0. The summed E-state index contributed by atoms with van der Waals surface area (Å²) in [6.07, 6.45) is 0. The summed E-state index contributed by atoms with van der Waals surface area (Å²) < 4.78 is 25.7. The zero-order valence-electron chi connectivity index (χ0n) is 2.25. The third-order valence-corrected chi connectivity index (χ3v) is 0. The molecule has 5 heteroatoms. The molecule has 0 aromatic carbocycles. The van der Waals surface area contributed by atoms with Gasteiger partial charge in [-0.25, -0.2) is 0 Å². The average molecular weight is 134 g/mol. The second kappa shape index (κ2) is 4.50. The molecule has 0 saturated carbocycles. The van der Waals surface area contributed by atoms with Crippen molar-refractivity contribution >= 4 is 24.1 Å². The Kier molecular flexibility index (Phi) is 8.19. The van der Waals surface area contributed by atoms with E-state index in [1.54, 1.807) is 0 Å². The van der Waals surface area contributed by atoms with Crippen molar-refractivity contribution < 1.29 is 12.3 Å². The molecule has 0 N–H and O–H groups in total. The van der Waals surface area contributed by atoms with Gasteiger partial charge >= 0.3 is 36.4 Å². The molecule has 0 unspecified atom stereocenters. The molecular formula is AsBO3. The van der Waals surface area contributed by atoms with Crippen molar-refractivity contribution in [2.45, 2.75) is 0 Å². The van der Waals surface area contributed by atoms with E-state index in [1.807, 2.05) is 0 Å². The summed E-state index contributed by atoms with van der Waals surface area (Å²) in [7, 11) is 0. The van der Waals surface area contributed by atoms with Crippen LogP contribution in [0.1, 0.15) is 0 Å². The Hall–Kier alpha value is 0.503. The van der Waals surface area contributed by atoms with Gasteiger partial charge in [-0.05, 0) is 0 Å². The van der Waals surface area contributed by atoms with E-state index in [4.69, 9.17) is 12.3 Å². The maximum atomic E-state index is 8.56. The molecule has 0 rings (SSSR count). The Morgan fingerprint density at radius 3 is 1.00 bits per heavy atom. The Balaban J connectivity index is 0.